The molecule has 0 aliphatic rings. The van der Waals surface area contributed by atoms with Crippen molar-refractivity contribution in [1.29, 1.82) is 0 Å². The van der Waals surface area contributed by atoms with Crippen molar-refractivity contribution in [3.05, 3.63) is 12.3 Å². The van der Waals surface area contributed by atoms with E-state index in [1.807, 2.05) is 27.2 Å². The van der Waals surface area contributed by atoms with E-state index in [0.717, 1.165) is 12.8 Å². The Morgan fingerprint density at radius 3 is 1.85 bits per heavy atom. The van der Waals surface area contributed by atoms with Crippen LogP contribution in [0.4, 0.5) is 0 Å². The summed E-state index contributed by atoms with van der Waals surface area (Å²) in [6, 6.07) is 0. The van der Waals surface area contributed by atoms with E-state index in [1.165, 1.54) is 70.6 Å². The molecule has 0 aromatic heterocycles. The van der Waals surface area contributed by atoms with Crippen LogP contribution in [-0.4, -0.2) is 66.4 Å². The highest BCUT2D eigenvalue weighted by Crippen LogP contribution is 2.40. The smallest absolute Gasteiger partial charge is 0.268 e. The molecule has 7 nitrogen and oxygen atoms in total. The van der Waals surface area contributed by atoms with Crippen molar-refractivity contribution in [3.8, 4) is 0 Å². The van der Waals surface area contributed by atoms with Crippen LogP contribution in [0.3, 0.4) is 0 Å². The van der Waals surface area contributed by atoms with Crippen LogP contribution < -0.4 is 4.89 Å². The zero-order valence-electron chi connectivity index (χ0n) is 27.1. The highest BCUT2D eigenvalue weighted by Gasteiger charge is 2.39. The first kappa shape index (κ1) is 38.8. The molecule has 234 valence electrons. The topological polar surface area (TPSA) is 77.1 Å². The summed E-state index contributed by atoms with van der Waals surface area (Å²) in [6.07, 6.45) is 20.4. The van der Waals surface area contributed by atoms with E-state index in [2.05, 4.69) is 40.8 Å². The Balaban J connectivity index is 4.34. The summed E-state index contributed by atoms with van der Waals surface area (Å²) in [5, 5.41) is -0.0159. The first-order valence-electron chi connectivity index (χ1n) is 15.4. The fourth-order valence-electron chi connectivity index (χ4n) is 3.75. The zero-order chi connectivity index (χ0) is 29.8. The maximum atomic E-state index is 12.3. The Morgan fingerprint density at radius 1 is 0.846 bits per heavy atom. The molecule has 0 fully saturated rings. The lowest BCUT2D eigenvalue weighted by molar-refractivity contribution is -0.870. The van der Waals surface area contributed by atoms with E-state index in [0.29, 0.717) is 11.0 Å². The number of nitrogens with zero attached hydrogens (tertiary/aromatic N) is 1. The van der Waals surface area contributed by atoms with E-state index in [4.69, 9.17) is 18.2 Å². The fourth-order valence-corrected chi connectivity index (χ4v) is 5.80. The second-order valence-electron chi connectivity index (χ2n) is 13.5. The van der Waals surface area contributed by atoms with Crippen molar-refractivity contribution < 1.29 is 32.2 Å². The molecule has 39 heavy (non-hydrogen) atoms. The summed E-state index contributed by atoms with van der Waals surface area (Å²) in [5.41, 5.74) is 0. The molecule has 0 spiro atoms. The number of hydrogen-bond donors (Lipinski definition) is 0. The second-order valence-corrected chi connectivity index (χ2v) is 19.6. The molecular weight excluding hydrogens is 529 g/mol. The van der Waals surface area contributed by atoms with Crippen molar-refractivity contribution in [1.82, 2.24) is 0 Å². The minimum absolute atomic E-state index is 0.0159. The van der Waals surface area contributed by atoms with Crippen LogP contribution >= 0.6 is 7.82 Å². The van der Waals surface area contributed by atoms with Gasteiger partial charge in [-0.05, 0) is 37.0 Å². The molecule has 0 bridgehead atoms. The Labute approximate surface area is 243 Å². The van der Waals surface area contributed by atoms with E-state index in [-0.39, 0.29) is 24.9 Å². The first-order valence-corrected chi connectivity index (χ1v) is 19.8. The number of likely N-dealkylation sites (N-methyl/N-ethyl adjacent to an activating group) is 1. The summed E-state index contributed by atoms with van der Waals surface area (Å²) in [5.74, 6) is 0. The van der Waals surface area contributed by atoms with Gasteiger partial charge in [0.25, 0.3) is 7.82 Å². The average Bonchev–Trinajstić information content (AvgIpc) is 2.80. The highest BCUT2D eigenvalue weighted by atomic mass is 31.2. The first-order chi connectivity index (χ1) is 18.1. The number of allylic oxidation sites excluding steroid dienone is 1. The molecule has 0 aliphatic carbocycles. The van der Waals surface area contributed by atoms with E-state index >= 15 is 0 Å². The van der Waals surface area contributed by atoms with Gasteiger partial charge in [-0.2, -0.15) is 0 Å². The molecule has 2 atom stereocenters. The van der Waals surface area contributed by atoms with Gasteiger partial charge in [-0.15, -0.1) is 0 Å². The molecular formula is C30H64NO6PSi. The molecule has 0 N–H and O–H groups in total. The highest BCUT2D eigenvalue weighted by molar-refractivity contribution is 7.45. The van der Waals surface area contributed by atoms with Gasteiger partial charge >= 0.3 is 0 Å². The fraction of sp³-hybridized carbons (Fsp3) is 0.933. The Hall–Kier alpha value is -0.213. The lowest BCUT2D eigenvalue weighted by atomic mass is 10.0. The van der Waals surface area contributed by atoms with Gasteiger partial charge in [-0.1, -0.05) is 98.3 Å². The molecule has 0 aliphatic heterocycles. The molecule has 2 unspecified atom stereocenters. The molecule has 0 saturated carbocycles. The van der Waals surface area contributed by atoms with Gasteiger partial charge in [0.2, 0.25) is 0 Å². The predicted molar refractivity (Wildman–Crippen MR) is 165 cm³/mol. The van der Waals surface area contributed by atoms with E-state index < -0.39 is 22.2 Å². The lowest BCUT2D eigenvalue weighted by Gasteiger charge is -2.39. The molecule has 0 radical (unpaired) electrons. The van der Waals surface area contributed by atoms with Crippen LogP contribution in [0.1, 0.15) is 111 Å². The van der Waals surface area contributed by atoms with Gasteiger partial charge in [0.15, 0.2) is 8.32 Å². The Morgan fingerprint density at radius 2 is 1.36 bits per heavy atom. The maximum absolute atomic E-state index is 12.3. The average molecular weight is 594 g/mol. The quantitative estimate of drug-likeness (QED) is 0.0349. The maximum Gasteiger partial charge on any atom is 0.268 e. The molecule has 0 heterocycles. The van der Waals surface area contributed by atoms with E-state index in [1.54, 1.807) is 6.26 Å². The van der Waals surface area contributed by atoms with Crippen LogP contribution in [0.2, 0.25) is 18.1 Å². The largest absolute Gasteiger partial charge is 0.756 e. The van der Waals surface area contributed by atoms with Gasteiger partial charge in [0, 0.05) is 0 Å². The standard InChI is InChI=1S/C30H64NO6PSi/c1-10-11-12-13-14-15-16-17-18-19-20-21-22-23-25-34-27-29(37-39(8,9)30(2,3)4)28-36-38(32,33)35-26-24-31(5,6)7/h23,25,29H,10-22,24,26-28H2,1-9H3/b25-23-. The van der Waals surface area contributed by atoms with Gasteiger partial charge in [0.05, 0.1) is 34.0 Å². The van der Waals surface area contributed by atoms with Crippen molar-refractivity contribution >= 4 is 16.1 Å². The Kier molecular flexibility index (Phi) is 20.5. The molecule has 0 rings (SSSR count). The molecule has 9 heteroatoms. The second kappa shape index (κ2) is 20.6. The van der Waals surface area contributed by atoms with Crippen molar-refractivity contribution in [2.24, 2.45) is 0 Å². The van der Waals surface area contributed by atoms with Crippen molar-refractivity contribution in [2.75, 3.05) is 47.5 Å². The van der Waals surface area contributed by atoms with Crippen LogP contribution in [0.25, 0.3) is 0 Å². The molecule has 0 aromatic carbocycles. The number of phosphoric ester groups is 1. The minimum Gasteiger partial charge on any atom is -0.756 e. The lowest BCUT2D eigenvalue weighted by Crippen LogP contribution is -2.46. The summed E-state index contributed by atoms with van der Waals surface area (Å²) in [4.78, 5) is 12.3. The number of ether oxygens (including phenoxy) is 1. The van der Waals surface area contributed by atoms with Gasteiger partial charge < -0.3 is 27.6 Å². The third-order valence-corrected chi connectivity index (χ3v) is 12.9. The van der Waals surface area contributed by atoms with Crippen LogP contribution in [0, 0.1) is 0 Å². The number of unbranched alkanes of at least 4 members (excludes halogenated alkanes) is 12. The summed E-state index contributed by atoms with van der Waals surface area (Å²) >= 11 is 0. The summed E-state index contributed by atoms with van der Waals surface area (Å²) < 4.78 is 35.3. The predicted octanol–water partition coefficient (Wildman–Crippen LogP) is 8.21. The van der Waals surface area contributed by atoms with Crippen LogP contribution in [0.5, 0.6) is 0 Å². The SMILES string of the molecule is CCCCCCCCCCCCCC/C=C\OCC(COP(=O)([O-])OCC[N+](C)(C)C)O[Si](C)(C)C(C)(C)C. The van der Waals surface area contributed by atoms with Gasteiger partial charge in [0.1, 0.15) is 25.9 Å². The molecule has 0 amide bonds. The molecule has 0 aromatic rings. The van der Waals surface area contributed by atoms with Crippen LogP contribution in [0.15, 0.2) is 12.3 Å². The number of phosphoric acid groups is 1. The normalized spacial score (nSPS) is 15.5. The van der Waals surface area contributed by atoms with E-state index in [9.17, 15) is 9.46 Å². The summed E-state index contributed by atoms with van der Waals surface area (Å²) in [6.45, 7) is 13.8. The van der Waals surface area contributed by atoms with Crippen molar-refractivity contribution in [3.63, 3.8) is 0 Å². The number of hydrogen-bond acceptors (Lipinski definition) is 6. The third kappa shape index (κ3) is 23.1. The third-order valence-electron chi connectivity index (χ3n) is 7.40. The zero-order valence-corrected chi connectivity index (χ0v) is 29.0. The number of rotatable bonds is 25. The Bertz CT molecular complexity index is 675. The monoisotopic (exact) mass is 593 g/mol. The van der Waals surface area contributed by atoms with Crippen molar-refractivity contribution in [2.45, 2.75) is 135 Å². The number of quaternary nitrogens is 1. The minimum atomic E-state index is -4.41. The molecule has 0 saturated heterocycles. The summed E-state index contributed by atoms with van der Waals surface area (Å²) in [7, 11) is -0.623. The van der Waals surface area contributed by atoms with Crippen LogP contribution in [-0.2, 0) is 22.8 Å². The van der Waals surface area contributed by atoms with Gasteiger partial charge in [-0.25, -0.2) is 0 Å². The van der Waals surface area contributed by atoms with Gasteiger partial charge in [-0.3, -0.25) is 4.57 Å².